The van der Waals surface area contributed by atoms with E-state index < -0.39 is 5.44 Å². The Morgan fingerprint density at radius 2 is 2.05 bits per heavy atom. The number of pyridine rings is 1. The van der Waals surface area contributed by atoms with Gasteiger partial charge in [-0.15, -0.1) is 5.53 Å². The van der Waals surface area contributed by atoms with Gasteiger partial charge in [0.2, 0.25) is 0 Å². The van der Waals surface area contributed by atoms with Gasteiger partial charge in [-0.05, 0) is 55.0 Å². The van der Waals surface area contributed by atoms with E-state index in [-0.39, 0.29) is 5.82 Å². The quantitative estimate of drug-likeness (QED) is 0.309. The molecular weight excluding hydrogens is 488 g/mol. The van der Waals surface area contributed by atoms with E-state index in [0.717, 1.165) is 53.8 Å². The van der Waals surface area contributed by atoms with Gasteiger partial charge in [0.15, 0.2) is 0 Å². The largest absolute Gasteiger partial charge is 0.383 e. The predicted octanol–water partition coefficient (Wildman–Crippen LogP) is 4.58. The number of nitrogens with zero attached hydrogens (tertiary/aromatic N) is 3. The van der Waals surface area contributed by atoms with Gasteiger partial charge >= 0.3 is 0 Å². The molecule has 2 aliphatic rings. The first-order chi connectivity index (χ1) is 17.8. The number of rotatable bonds is 9. The summed E-state index contributed by atoms with van der Waals surface area (Å²) in [6.07, 6.45) is 6.87. The highest BCUT2D eigenvalue weighted by molar-refractivity contribution is 6.36. The molecule has 5 rings (SSSR count). The van der Waals surface area contributed by atoms with Crippen molar-refractivity contribution in [1.82, 2.24) is 21.0 Å². The van der Waals surface area contributed by atoms with Crippen molar-refractivity contribution in [2.24, 2.45) is 5.92 Å². The van der Waals surface area contributed by atoms with Crippen LogP contribution in [0.25, 0.3) is 10.9 Å². The summed E-state index contributed by atoms with van der Waals surface area (Å²) in [7, 11) is 2.04. The smallest absolute Gasteiger partial charge is 0.148 e. The Bertz CT molecular complexity index is 1380. The fourth-order valence-electron chi connectivity index (χ4n) is 4.59. The summed E-state index contributed by atoms with van der Waals surface area (Å²) in [5, 5.41) is 20.2. The van der Waals surface area contributed by atoms with Gasteiger partial charge < -0.3 is 16.1 Å². The maximum Gasteiger partial charge on any atom is 0.148 e. The summed E-state index contributed by atoms with van der Waals surface area (Å²) in [5.41, 5.74) is 10.1. The number of hydrogen-bond acceptors (Lipinski definition) is 7. The second-order valence-corrected chi connectivity index (χ2v) is 10.7. The molecule has 4 N–H and O–H groups in total. The highest BCUT2D eigenvalue weighted by Gasteiger charge is 2.38. The third-order valence-corrected chi connectivity index (χ3v) is 7.24. The zero-order chi connectivity index (χ0) is 26.2. The molecule has 0 radical (unpaired) electrons. The lowest BCUT2D eigenvalue weighted by Gasteiger charge is -2.34. The summed E-state index contributed by atoms with van der Waals surface area (Å²) in [6.45, 7) is 5.06. The summed E-state index contributed by atoms with van der Waals surface area (Å²) >= 11 is 6.73. The zero-order valence-corrected chi connectivity index (χ0v) is 22.0. The van der Waals surface area contributed by atoms with Crippen LogP contribution >= 0.6 is 11.6 Å². The zero-order valence-electron chi connectivity index (χ0n) is 21.2. The Kier molecular flexibility index (Phi) is 6.89. The van der Waals surface area contributed by atoms with Crippen LogP contribution in [0.5, 0.6) is 0 Å². The van der Waals surface area contributed by atoms with Crippen LogP contribution in [0.3, 0.4) is 0 Å². The highest BCUT2D eigenvalue weighted by atomic mass is 35.5. The first kappa shape index (κ1) is 25.2. The Morgan fingerprint density at radius 1 is 1.30 bits per heavy atom. The molecule has 1 aromatic heterocycles. The third kappa shape index (κ3) is 5.18. The van der Waals surface area contributed by atoms with Crippen molar-refractivity contribution >= 4 is 41.7 Å². The minimum Gasteiger partial charge on any atom is -0.383 e. The molecule has 10 heteroatoms. The number of halogens is 2. The number of nitrogens with one attached hydrogen (secondary N) is 4. The van der Waals surface area contributed by atoms with E-state index in [0.29, 0.717) is 28.1 Å². The summed E-state index contributed by atoms with van der Waals surface area (Å²) in [4.78, 5) is 4.47. The van der Waals surface area contributed by atoms with Gasteiger partial charge in [0.1, 0.15) is 19.7 Å². The third-order valence-electron chi connectivity index (χ3n) is 6.95. The molecule has 1 saturated carbocycles. The SMILES string of the molecule is BC(Nc1cc(Cl)c2ncc(C#N)c(NCCC(C)C)c2c1)(C1=CN(C2CC2)NN1)c1ccc(F)cc1. The van der Waals surface area contributed by atoms with Crippen LogP contribution < -0.4 is 21.6 Å². The molecule has 37 heavy (non-hydrogen) atoms. The van der Waals surface area contributed by atoms with Crippen LogP contribution in [-0.2, 0) is 5.44 Å². The second-order valence-electron chi connectivity index (χ2n) is 10.3. The van der Waals surface area contributed by atoms with Crippen LogP contribution in [0.2, 0.25) is 5.02 Å². The van der Waals surface area contributed by atoms with Crippen LogP contribution in [-0.4, -0.2) is 30.4 Å². The van der Waals surface area contributed by atoms with E-state index in [1.807, 2.05) is 20.0 Å². The molecule has 2 aromatic carbocycles. The number of nitriles is 1. The predicted molar refractivity (Wildman–Crippen MR) is 149 cm³/mol. The monoisotopic (exact) mass is 517 g/mol. The van der Waals surface area contributed by atoms with E-state index in [1.54, 1.807) is 18.3 Å². The highest BCUT2D eigenvalue weighted by Crippen LogP contribution is 2.38. The number of hydrogen-bond donors (Lipinski definition) is 4. The summed E-state index contributed by atoms with van der Waals surface area (Å²) < 4.78 is 13.8. The number of fused-ring (bicyclic) bond motifs is 1. The Morgan fingerprint density at radius 3 is 2.73 bits per heavy atom. The van der Waals surface area contributed by atoms with Crippen molar-refractivity contribution in [3.8, 4) is 6.07 Å². The number of benzene rings is 2. The molecule has 0 spiro atoms. The Hall–Kier alpha value is -3.48. The first-order valence-corrected chi connectivity index (χ1v) is 13.0. The number of aromatic nitrogens is 1. The van der Waals surface area contributed by atoms with Crippen LogP contribution in [0.1, 0.15) is 44.2 Å². The summed E-state index contributed by atoms with van der Waals surface area (Å²) in [6, 6.07) is 13.0. The lowest BCUT2D eigenvalue weighted by Crippen LogP contribution is -2.45. The molecule has 7 nitrogen and oxygen atoms in total. The molecule has 1 fully saturated rings. The molecule has 3 aromatic rings. The van der Waals surface area contributed by atoms with Crippen LogP contribution in [0.4, 0.5) is 15.8 Å². The van der Waals surface area contributed by atoms with Crippen molar-refractivity contribution in [3.63, 3.8) is 0 Å². The molecule has 0 saturated heterocycles. The minimum atomic E-state index is -0.743. The molecule has 1 aliphatic carbocycles. The molecular formula is C27H30BClFN7. The van der Waals surface area contributed by atoms with E-state index >= 15 is 0 Å². The molecule has 190 valence electrons. The lowest BCUT2D eigenvalue weighted by atomic mass is 9.69. The van der Waals surface area contributed by atoms with Gasteiger partial charge in [-0.3, -0.25) is 9.99 Å². The van der Waals surface area contributed by atoms with Gasteiger partial charge in [-0.25, -0.2) is 4.39 Å². The molecule has 1 unspecified atom stereocenters. The average molecular weight is 518 g/mol. The maximum absolute atomic E-state index is 13.8. The topological polar surface area (TPSA) is 88.0 Å². The summed E-state index contributed by atoms with van der Waals surface area (Å²) in [5.74, 6) is 0.234. The van der Waals surface area contributed by atoms with E-state index in [9.17, 15) is 9.65 Å². The normalized spacial score (nSPS) is 16.8. The van der Waals surface area contributed by atoms with Crippen molar-refractivity contribution in [3.05, 3.63) is 76.5 Å². The standard InChI is InChI=1S/C27H30BClFN7/c1-16(2)9-10-32-25-17(13-31)14-33-26-22(25)11-20(12-23(26)29)34-27(28,18-3-5-19(30)6-4-18)24-15-37(36-35-24)21-7-8-21/h3-6,11-12,14-16,21,34-36H,7-10,28H2,1-2H3,(H,32,33). The van der Waals surface area contributed by atoms with Crippen molar-refractivity contribution in [2.75, 3.05) is 17.2 Å². The van der Waals surface area contributed by atoms with E-state index in [4.69, 9.17) is 11.6 Å². The van der Waals surface area contributed by atoms with Crippen molar-refractivity contribution < 1.29 is 4.39 Å². The average Bonchev–Trinajstić information content (AvgIpc) is 3.60. The van der Waals surface area contributed by atoms with Gasteiger partial charge in [-0.1, -0.05) is 37.6 Å². The maximum atomic E-state index is 13.8. The molecule has 1 atom stereocenters. The molecule has 2 heterocycles. The molecule has 0 bridgehead atoms. The number of anilines is 2. The molecule has 0 amide bonds. The molecule has 1 aliphatic heterocycles. The first-order valence-electron chi connectivity index (χ1n) is 12.6. The van der Waals surface area contributed by atoms with Gasteiger partial charge in [0, 0.05) is 36.1 Å². The fraction of sp³-hybridized carbons (Fsp3) is 0.333. The van der Waals surface area contributed by atoms with E-state index in [1.165, 1.54) is 12.1 Å². The Balaban J connectivity index is 1.57. The van der Waals surface area contributed by atoms with Crippen LogP contribution in [0.15, 0.2) is 54.5 Å². The van der Waals surface area contributed by atoms with Gasteiger partial charge in [-0.2, -0.15) is 5.26 Å². The van der Waals surface area contributed by atoms with Gasteiger partial charge in [0.05, 0.1) is 32.9 Å². The lowest BCUT2D eigenvalue weighted by molar-refractivity contribution is 0.260. The van der Waals surface area contributed by atoms with E-state index in [2.05, 4.69) is 57.7 Å². The van der Waals surface area contributed by atoms with Crippen molar-refractivity contribution in [1.29, 1.82) is 5.26 Å². The minimum absolute atomic E-state index is 0.293. The van der Waals surface area contributed by atoms with Gasteiger partial charge in [0.25, 0.3) is 0 Å². The number of hydrazine groups is 2. The van der Waals surface area contributed by atoms with Crippen molar-refractivity contribution in [2.45, 2.75) is 44.6 Å². The van der Waals surface area contributed by atoms with Crippen LogP contribution in [0, 0.1) is 23.1 Å². The fourth-order valence-corrected chi connectivity index (χ4v) is 4.86. The second kappa shape index (κ2) is 10.1. The Labute approximate surface area is 222 Å².